The van der Waals surface area contributed by atoms with Crippen LogP contribution in [0, 0.1) is 0 Å². The van der Waals surface area contributed by atoms with Gasteiger partial charge in [0.05, 0.1) is 6.42 Å². The fourth-order valence-electron chi connectivity index (χ4n) is 3.84. The highest BCUT2D eigenvalue weighted by atomic mass is 16.5. The van der Waals surface area contributed by atoms with Gasteiger partial charge < -0.3 is 9.84 Å². The SMILES string of the molecule is CN1C2CCC1(C(=O)O)CC(OC(=O)Cc1ccccc1)C2. The maximum Gasteiger partial charge on any atom is 0.324 e. The Hall–Kier alpha value is -1.88. The first kappa shape index (κ1) is 15.0. The first-order valence-corrected chi connectivity index (χ1v) is 7.71. The lowest BCUT2D eigenvalue weighted by Gasteiger charge is -2.42. The van der Waals surface area contributed by atoms with Crippen LogP contribution >= 0.6 is 0 Å². The average Bonchev–Trinajstić information content (AvgIpc) is 2.69. The van der Waals surface area contributed by atoms with E-state index in [0.717, 1.165) is 18.4 Å². The molecule has 2 fully saturated rings. The number of carboxylic acid groups (broad SMARTS) is 1. The first-order valence-electron chi connectivity index (χ1n) is 7.71. The van der Waals surface area contributed by atoms with Gasteiger partial charge in [-0.2, -0.15) is 0 Å². The summed E-state index contributed by atoms with van der Waals surface area (Å²) in [6.07, 6.45) is 2.54. The summed E-state index contributed by atoms with van der Waals surface area (Å²) < 4.78 is 5.57. The number of esters is 1. The molecule has 2 bridgehead atoms. The quantitative estimate of drug-likeness (QED) is 0.860. The number of rotatable bonds is 4. The average molecular weight is 303 g/mol. The molecule has 2 aliphatic rings. The van der Waals surface area contributed by atoms with Crippen LogP contribution in [0.3, 0.4) is 0 Å². The monoisotopic (exact) mass is 303 g/mol. The molecule has 1 aromatic rings. The molecule has 0 amide bonds. The molecule has 2 aliphatic heterocycles. The maximum atomic E-state index is 12.1. The second-order valence-corrected chi connectivity index (χ2v) is 6.35. The highest BCUT2D eigenvalue weighted by Crippen LogP contribution is 2.44. The molecule has 22 heavy (non-hydrogen) atoms. The molecule has 0 radical (unpaired) electrons. The standard InChI is InChI=1S/C17H21NO4/c1-18-13-7-8-17(18,16(20)21)11-14(10-13)22-15(19)9-12-5-3-2-4-6-12/h2-6,13-14H,7-11H2,1H3,(H,20,21). The third kappa shape index (κ3) is 2.61. The normalized spacial score (nSPS) is 31.0. The Balaban J connectivity index is 1.64. The van der Waals surface area contributed by atoms with Crippen molar-refractivity contribution in [1.82, 2.24) is 4.90 Å². The van der Waals surface area contributed by atoms with Crippen LogP contribution in [-0.2, 0) is 20.7 Å². The van der Waals surface area contributed by atoms with Crippen LogP contribution in [0.5, 0.6) is 0 Å². The van der Waals surface area contributed by atoms with E-state index in [0.29, 0.717) is 12.8 Å². The summed E-state index contributed by atoms with van der Waals surface area (Å²) in [5, 5.41) is 9.59. The van der Waals surface area contributed by atoms with E-state index in [1.54, 1.807) is 0 Å². The molecule has 118 valence electrons. The molecule has 0 spiro atoms. The highest BCUT2D eigenvalue weighted by Gasteiger charge is 2.55. The van der Waals surface area contributed by atoms with Crippen molar-refractivity contribution >= 4 is 11.9 Å². The Kier molecular flexibility index (Phi) is 3.91. The molecule has 3 unspecified atom stereocenters. The molecular weight excluding hydrogens is 282 g/mol. The lowest BCUT2D eigenvalue weighted by Crippen LogP contribution is -2.57. The van der Waals surface area contributed by atoms with E-state index in [1.807, 2.05) is 42.3 Å². The number of fused-ring (bicyclic) bond motifs is 2. The summed E-state index contributed by atoms with van der Waals surface area (Å²) in [5.41, 5.74) is 0.0528. The minimum atomic E-state index is -0.861. The van der Waals surface area contributed by atoms with Gasteiger partial charge in [0.25, 0.3) is 0 Å². The van der Waals surface area contributed by atoms with Gasteiger partial charge in [0.15, 0.2) is 0 Å². The zero-order chi connectivity index (χ0) is 15.7. The Morgan fingerprint density at radius 2 is 2.09 bits per heavy atom. The Bertz CT molecular complexity index is 573. The number of carbonyl (C=O) groups excluding carboxylic acids is 1. The number of nitrogens with zero attached hydrogens (tertiary/aromatic N) is 1. The van der Waals surface area contributed by atoms with Gasteiger partial charge >= 0.3 is 11.9 Å². The van der Waals surface area contributed by atoms with Crippen molar-refractivity contribution in [2.45, 2.75) is 49.8 Å². The van der Waals surface area contributed by atoms with E-state index in [-0.39, 0.29) is 24.5 Å². The maximum absolute atomic E-state index is 12.1. The third-order valence-corrected chi connectivity index (χ3v) is 5.10. The van der Waals surface area contributed by atoms with Crippen molar-refractivity contribution in [1.29, 1.82) is 0 Å². The van der Waals surface area contributed by atoms with E-state index in [2.05, 4.69) is 0 Å². The van der Waals surface area contributed by atoms with E-state index >= 15 is 0 Å². The molecule has 0 aliphatic carbocycles. The van der Waals surface area contributed by atoms with E-state index in [1.165, 1.54) is 0 Å². The van der Waals surface area contributed by atoms with Gasteiger partial charge in [-0.25, -0.2) is 0 Å². The summed E-state index contributed by atoms with van der Waals surface area (Å²) >= 11 is 0. The smallest absolute Gasteiger partial charge is 0.324 e. The lowest BCUT2D eigenvalue weighted by atomic mass is 9.87. The molecule has 2 saturated heterocycles. The number of hydrogen-bond donors (Lipinski definition) is 1. The van der Waals surface area contributed by atoms with Gasteiger partial charge in [0, 0.05) is 18.9 Å². The molecular formula is C17H21NO4. The van der Waals surface area contributed by atoms with Crippen LogP contribution in [0.1, 0.15) is 31.2 Å². The predicted octanol–water partition coefficient (Wildman–Crippen LogP) is 1.85. The molecule has 3 rings (SSSR count). The van der Waals surface area contributed by atoms with Crippen LogP contribution < -0.4 is 0 Å². The molecule has 5 nitrogen and oxygen atoms in total. The summed E-state index contributed by atoms with van der Waals surface area (Å²) in [4.78, 5) is 25.7. The predicted molar refractivity (Wildman–Crippen MR) is 80.4 cm³/mol. The van der Waals surface area contributed by atoms with Crippen LogP contribution in [0.2, 0.25) is 0 Å². The zero-order valence-electron chi connectivity index (χ0n) is 12.7. The molecule has 0 aromatic heterocycles. The van der Waals surface area contributed by atoms with Crippen molar-refractivity contribution in [2.24, 2.45) is 0 Å². The number of hydrogen-bond acceptors (Lipinski definition) is 4. The van der Waals surface area contributed by atoms with Gasteiger partial charge in [-0.15, -0.1) is 0 Å². The topological polar surface area (TPSA) is 66.8 Å². The van der Waals surface area contributed by atoms with Crippen LogP contribution in [0.4, 0.5) is 0 Å². The minimum Gasteiger partial charge on any atom is -0.480 e. The van der Waals surface area contributed by atoms with E-state index < -0.39 is 11.5 Å². The molecule has 2 heterocycles. The number of piperidine rings is 1. The largest absolute Gasteiger partial charge is 0.480 e. The van der Waals surface area contributed by atoms with E-state index in [4.69, 9.17) is 4.74 Å². The lowest BCUT2D eigenvalue weighted by molar-refractivity contribution is -0.164. The number of aliphatic carboxylic acids is 1. The number of carbonyl (C=O) groups is 2. The van der Waals surface area contributed by atoms with Gasteiger partial charge in [0.2, 0.25) is 0 Å². The number of likely N-dealkylation sites (N-methyl/N-ethyl adjacent to an activating group) is 1. The summed E-state index contributed by atoms with van der Waals surface area (Å²) in [6, 6.07) is 9.64. The Labute approximate surface area is 129 Å². The van der Waals surface area contributed by atoms with Crippen molar-refractivity contribution in [3.05, 3.63) is 35.9 Å². The molecule has 5 heteroatoms. The third-order valence-electron chi connectivity index (χ3n) is 5.10. The second kappa shape index (κ2) is 5.72. The van der Waals surface area contributed by atoms with Crippen molar-refractivity contribution in [2.75, 3.05) is 7.05 Å². The molecule has 3 atom stereocenters. The number of ether oxygens (including phenoxy) is 1. The van der Waals surface area contributed by atoms with Gasteiger partial charge in [-0.1, -0.05) is 30.3 Å². The van der Waals surface area contributed by atoms with Crippen LogP contribution in [0.25, 0.3) is 0 Å². The summed E-state index contributed by atoms with van der Waals surface area (Å²) in [7, 11) is 1.87. The minimum absolute atomic E-state index is 0.194. The number of carboxylic acids is 1. The summed E-state index contributed by atoms with van der Waals surface area (Å²) in [5.74, 6) is -1.08. The van der Waals surface area contributed by atoms with Crippen molar-refractivity contribution in [3.63, 3.8) is 0 Å². The molecule has 1 N–H and O–H groups in total. The molecule has 1 aromatic carbocycles. The van der Waals surface area contributed by atoms with Gasteiger partial charge in [-0.3, -0.25) is 14.5 Å². The highest BCUT2D eigenvalue weighted by molar-refractivity contribution is 5.80. The fourth-order valence-corrected chi connectivity index (χ4v) is 3.84. The zero-order valence-corrected chi connectivity index (χ0v) is 12.7. The van der Waals surface area contributed by atoms with Crippen molar-refractivity contribution in [3.8, 4) is 0 Å². The van der Waals surface area contributed by atoms with Crippen molar-refractivity contribution < 1.29 is 19.4 Å². The Morgan fingerprint density at radius 3 is 2.77 bits per heavy atom. The van der Waals surface area contributed by atoms with Gasteiger partial charge in [-0.05, 0) is 25.5 Å². The second-order valence-electron chi connectivity index (χ2n) is 6.35. The first-order chi connectivity index (χ1) is 10.5. The number of benzene rings is 1. The molecule has 0 saturated carbocycles. The fraction of sp³-hybridized carbons (Fsp3) is 0.529. The van der Waals surface area contributed by atoms with E-state index in [9.17, 15) is 14.7 Å². The Morgan fingerprint density at radius 1 is 1.36 bits per heavy atom. The van der Waals surface area contributed by atoms with Crippen LogP contribution in [0.15, 0.2) is 30.3 Å². The van der Waals surface area contributed by atoms with Gasteiger partial charge in [0.1, 0.15) is 11.6 Å². The van der Waals surface area contributed by atoms with Crippen LogP contribution in [-0.4, -0.2) is 46.7 Å². The summed E-state index contributed by atoms with van der Waals surface area (Å²) in [6.45, 7) is 0.